The van der Waals surface area contributed by atoms with Gasteiger partial charge in [0.05, 0.1) is 0 Å². The van der Waals surface area contributed by atoms with Crippen LogP contribution in [0.15, 0.2) is 0 Å². The van der Waals surface area contributed by atoms with Gasteiger partial charge in [0.25, 0.3) is 10.2 Å². The first kappa shape index (κ1) is 15.8. The average Bonchev–Trinajstić information content (AvgIpc) is 2.11. The largest absolute Gasteiger partial charge is 0.330 e. The van der Waals surface area contributed by atoms with Gasteiger partial charge in [-0.3, -0.25) is 0 Å². The first-order valence-electron chi connectivity index (χ1n) is 5.49. The molecule has 0 radical (unpaired) electrons. The Morgan fingerprint density at radius 3 is 2.00 bits per heavy atom. The molecule has 0 aliphatic carbocycles. The van der Waals surface area contributed by atoms with E-state index < -0.39 is 10.2 Å². The molecule has 0 aliphatic rings. The van der Waals surface area contributed by atoms with E-state index >= 15 is 0 Å². The summed E-state index contributed by atoms with van der Waals surface area (Å²) in [6.45, 7) is 7.51. The number of nitrogens with zero attached hydrogens (tertiary/aromatic N) is 2. The molecule has 5 nitrogen and oxygen atoms in total. The van der Waals surface area contributed by atoms with Crippen LogP contribution in [0.1, 0.15) is 27.2 Å². The molecule has 0 heterocycles. The minimum absolute atomic E-state index is 0.0451. The Morgan fingerprint density at radius 2 is 1.62 bits per heavy atom. The van der Waals surface area contributed by atoms with Crippen molar-refractivity contribution in [2.75, 3.05) is 33.7 Å². The third-order valence-electron chi connectivity index (χ3n) is 2.16. The highest BCUT2D eigenvalue weighted by Crippen LogP contribution is 2.17. The molecule has 6 heteroatoms. The van der Waals surface area contributed by atoms with E-state index in [0.717, 1.165) is 0 Å². The Balaban J connectivity index is 4.53. The molecular weight excluding hydrogens is 226 g/mol. The van der Waals surface area contributed by atoms with E-state index in [9.17, 15) is 8.42 Å². The lowest BCUT2D eigenvalue weighted by Crippen LogP contribution is -2.43. The van der Waals surface area contributed by atoms with E-state index in [1.165, 1.54) is 8.61 Å². The number of hydrogen-bond acceptors (Lipinski definition) is 3. The van der Waals surface area contributed by atoms with Gasteiger partial charge < -0.3 is 5.73 Å². The molecular formula is C10H25N3O2S. The predicted molar refractivity (Wildman–Crippen MR) is 67.3 cm³/mol. The van der Waals surface area contributed by atoms with E-state index in [-0.39, 0.29) is 5.41 Å². The lowest BCUT2D eigenvalue weighted by Gasteiger charge is -2.29. The van der Waals surface area contributed by atoms with Crippen LogP contribution in [0.5, 0.6) is 0 Å². The molecule has 98 valence electrons. The molecule has 0 aromatic heterocycles. The molecule has 0 aromatic rings. The maximum Gasteiger partial charge on any atom is 0.281 e. The molecule has 16 heavy (non-hydrogen) atoms. The fraction of sp³-hybridized carbons (Fsp3) is 1.00. The van der Waals surface area contributed by atoms with Gasteiger partial charge in [-0.05, 0) is 18.4 Å². The Kier molecular flexibility index (Phi) is 5.89. The van der Waals surface area contributed by atoms with Crippen LogP contribution in [0.2, 0.25) is 0 Å². The van der Waals surface area contributed by atoms with E-state index in [0.29, 0.717) is 26.1 Å². The summed E-state index contributed by atoms with van der Waals surface area (Å²) in [5, 5.41) is 0. The van der Waals surface area contributed by atoms with Crippen LogP contribution in [-0.2, 0) is 10.2 Å². The number of rotatable bonds is 6. The predicted octanol–water partition coefficient (Wildman–Crippen LogP) is 0.490. The van der Waals surface area contributed by atoms with Crippen LogP contribution in [0.3, 0.4) is 0 Å². The average molecular weight is 251 g/mol. The molecule has 0 aromatic carbocycles. The highest BCUT2D eigenvalue weighted by Gasteiger charge is 2.26. The summed E-state index contributed by atoms with van der Waals surface area (Å²) in [5.74, 6) is 0. The zero-order chi connectivity index (χ0) is 13.0. The summed E-state index contributed by atoms with van der Waals surface area (Å²) in [7, 11) is -0.135. The Labute approximate surface area is 99.8 Å². The van der Waals surface area contributed by atoms with Crippen molar-refractivity contribution in [3.63, 3.8) is 0 Å². The fourth-order valence-electron chi connectivity index (χ4n) is 1.42. The standard InChI is InChI=1S/C10H25N3O2S/c1-10(2,3)9-13(5)16(14,15)12(4)8-6-7-11/h6-9,11H2,1-5H3. The SMILES string of the molecule is CN(CCCN)S(=O)(=O)N(C)CC(C)(C)C. The van der Waals surface area contributed by atoms with Gasteiger partial charge in [-0.25, -0.2) is 0 Å². The van der Waals surface area contributed by atoms with Gasteiger partial charge in [0.1, 0.15) is 0 Å². The van der Waals surface area contributed by atoms with Crippen LogP contribution in [0.4, 0.5) is 0 Å². The second-order valence-electron chi connectivity index (χ2n) is 5.29. The number of hydrogen-bond donors (Lipinski definition) is 1. The van der Waals surface area contributed by atoms with Gasteiger partial charge in [-0.2, -0.15) is 17.0 Å². The van der Waals surface area contributed by atoms with Crippen molar-refractivity contribution in [1.82, 2.24) is 8.61 Å². The van der Waals surface area contributed by atoms with E-state index in [1.807, 2.05) is 20.8 Å². The monoisotopic (exact) mass is 251 g/mol. The Hall–Kier alpha value is -0.170. The van der Waals surface area contributed by atoms with E-state index in [1.54, 1.807) is 14.1 Å². The first-order chi connectivity index (χ1) is 7.11. The van der Waals surface area contributed by atoms with Gasteiger partial charge in [-0.1, -0.05) is 20.8 Å². The molecule has 0 amide bonds. The summed E-state index contributed by atoms with van der Waals surface area (Å²) in [6.07, 6.45) is 0.680. The number of nitrogens with two attached hydrogens (primary N) is 1. The first-order valence-corrected chi connectivity index (χ1v) is 6.88. The minimum atomic E-state index is -3.33. The third kappa shape index (κ3) is 5.25. The summed E-state index contributed by atoms with van der Waals surface area (Å²) >= 11 is 0. The molecule has 0 atom stereocenters. The van der Waals surface area contributed by atoms with Crippen molar-refractivity contribution in [2.24, 2.45) is 11.1 Å². The molecule has 0 bridgehead atoms. The van der Waals surface area contributed by atoms with Crippen LogP contribution in [0.25, 0.3) is 0 Å². The topological polar surface area (TPSA) is 66.6 Å². The lowest BCUT2D eigenvalue weighted by atomic mass is 9.97. The summed E-state index contributed by atoms with van der Waals surface area (Å²) in [5.41, 5.74) is 5.32. The molecule has 2 N–H and O–H groups in total. The maximum absolute atomic E-state index is 12.0. The maximum atomic E-state index is 12.0. The van der Waals surface area contributed by atoms with Crippen molar-refractivity contribution in [3.05, 3.63) is 0 Å². The zero-order valence-corrected chi connectivity index (χ0v) is 11.8. The van der Waals surface area contributed by atoms with Crippen LogP contribution >= 0.6 is 0 Å². The molecule has 0 unspecified atom stereocenters. The molecule has 0 spiro atoms. The highest BCUT2D eigenvalue weighted by molar-refractivity contribution is 7.86. The smallest absolute Gasteiger partial charge is 0.281 e. The minimum Gasteiger partial charge on any atom is -0.330 e. The van der Waals surface area contributed by atoms with Crippen molar-refractivity contribution in [1.29, 1.82) is 0 Å². The lowest BCUT2D eigenvalue weighted by molar-refractivity contribution is 0.293. The summed E-state index contributed by atoms with van der Waals surface area (Å²) in [4.78, 5) is 0. The highest BCUT2D eigenvalue weighted by atomic mass is 32.2. The van der Waals surface area contributed by atoms with Crippen molar-refractivity contribution in [3.8, 4) is 0 Å². The van der Waals surface area contributed by atoms with Crippen LogP contribution in [0, 0.1) is 5.41 Å². The van der Waals surface area contributed by atoms with Gasteiger partial charge in [0, 0.05) is 27.2 Å². The Bertz CT molecular complexity index is 296. The molecule has 0 saturated carbocycles. The van der Waals surface area contributed by atoms with Gasteiger partial charge in [0.15, 0.2) is 0 Å². The van der Waals surface area contributed by atoms with E-state index in [2.05, 4.69) is 0 Å². The van der Waals surface area contributed by atoms with Gasteiger partial charge >= 0.3 is 0 Å². The second-order valence-corrected chi connectivity index (χ2v) is 7.43. The van der Waals surface area contributed by atoms with Crippen molar-refractivity contribution >= 4 is 10.2 Å². The normalized spacial score (nSPS) is 13.8. The fourth-order valence-corrected chi connectivity index (χ4v) is 2.80. The van der Waals surface area contributed by atoms with Crippen LogP contribution in [-0.4, -0.2) is 50.8 Å². The summed E-state index contributed by atoms with van der Waals surface area (Å²) in [6, 6.07) is 0. The quantitative estimate of drug-likeness (QED) is 0.747. The molecule has 0 rings (SSSR count). The van der Waals surface area contributed by atoms with Crippen LogP contribution < -0.4 is 5.73 Å². The zero-order valence-electron chi connectivity index (χ0n) is 11.0. The second kappa shape index (κ2) is 5.95. The van der Waals surface area contributed by atoms with Crippen molar-refractivity contribution < 1.29 is 8.42 Å². The van der Waals surface area contributed by atoms with Gasteiger partial charge in [0.2, 0.25) is 0 Å². The molecule has 0 aliphatic heterocycles. The van der Waals surface area contributed by atoms with Crippen molar-refractivity contribution in [2.45, 2.75) is 27.2 Å². The van der Waals surface area contributed by atoms with E-state index in [4.69, 9.17) is 5.73 Å². The summed E-state index contributed by atoms with van der Waals surface area (Å²) < 4.78 is 26.8. The molecule has 0 fully saturated rings. The van der Waals surface area contributed by atoms with Gasteiger partial charge in [-0.15, -0.1) is 0 Å². The Morgan fingerprint density at radius 1 is 1.12 bits per heavy atom. The molecule has 0 saturated heterocycles. The third-order valence-corrected chi connectivity index (χ3v) is 4.05.